The van der Waals surface area contributed by atoms with Crippen molar-refractivity contribution in [1.82, 2.24) is 9.55 Å². The Labute approximate surface area is 98.2 Å². The van der Waals surface area contributed by atoms with E-state index in [1.165, 1.54) is 16.8 Å². The van der Waals surface area contributed by atoms with E-state index in [4.69, 9.17) is 9.47 Å². The number of H-pyrrole nitrogens is 1. The highest BCUT2D eigenvalue weighted by atomic mass is 16.5. The van der Waals surface area contributed by atoms with Crippen LogP contribution in [-0.2, 0) is 15.0 Å². The second-order valence-corrected chi connectivity index (χ2v) is 4.57. The Bertz CT molecular complexity index is 507. The van der Waals surface area contributed by atoms with E-state index in [-0.39, 0.29) is 11.7 Å². The van der Waals surface area contributed by atoms with E-state index in [2.05, 4.69) is 4.98 Å². The molecule has 1 N–H and O–H groups in total. The Kier molecular flexibility index (Phi) is 3.17. The smallest absolute Gasteiger partial charge is 0.328 e. The van der Waals surface area contributed by atoms with Crippen molar-refractivity contribution in [2.24, 2.45) is 0 Å². The zero-order valence-electron chi connectivity index (χ0n) is 9.93. The third kappa shape index (κ3) is 2.32. The van der Waals surface area contributed by atoms with E-state index < -0.39 is 11.2 Å². The molecule has 0 aliphatic carbocycles. The number of aromatic nitrogens is 2. The van der Waals surface area contributed by atoms with Crippen LogP contribution < -0.4 is 11.2 Å². The molecule has 0 spiro atoms. The Morgan fingerprint density at radius 1 is 1.65 bits per heavy atom. The van der Waals surface area contributed by atoms with Crippen LogP contribution in [0.15, 0.2) is 21.9 Å². The molecule has 6 heteroatoms. The molecule has 0 radical (unpaired) electrons. The number of hydrogen-bond acceptors (Lipinski definition) is 4. The molecule has 2 atom stereocenters. The Hall–Kier alpha value is -1.40. The molecule has 0 amide bonds. The third-order valence-electron chi connectivity index (χ3n) is 3.06. The molecule has 17 heavy (non-hydrogen) atoms. The van der Waals surface area contributed by atoms with Crippen LogP contribution in [0.4, 0.5) is 0 Å². The maximum Gasteiger partial charge on any atom is 0.328 e. The molecule has 0 unspecified atom stereocenters. The van der Waals surface area contributed by atoms with E-state index in [0.717, 1.165) is 0 Å². The first-order valence-electron chi connectivity index (χ1n) is 5.48. The fraction of sp³-hybridized carbons (Fsp3) is 0.636. The summed E-state index contributed by atoms with van der Waals surface area (Å²) in [7, 11) is 1.62. The van der Waals surface area contributed by atoms with Crippen LogP contribution in [0.5, 0.6) is 0 Å². The number of aromatic amines is 1. The van der Waals surface area contributed by atoms with Gasteiger partial charge in [-0.1, -0.05) is 0 Å². The van der Waals surface area contributed by atoms with Gasteiger partial charge in [-0.05, 0) is 6.92 Å². The van der Waals surface area contributed by atoms with Crippen molar-refractivity contribution in [3.63, 3.8) is 0 Å². The highest BCUT2D eigenvalue weighted by Gasteiger charge is 2.38. The first kappa shape index (κ1) is 12.1. The SMILES string of the molecule is COC[C@@H]1C[C@](C)(n2ccc(=O)[nH]c2=O)CO1. The standard InChI is InChI=1S/C11H16N2O4/c1-11(5-8(6-16-2)17-7-11)13-4-3-9(14)12-10(13)15/h3-4,8H,5-7H2,1-2H3,(H,12,14,15)/t8-,11-/m0/s1. The van der Waals surface area contributed by atoms with Gasteiger partial charge >= 0.3 is 5.69 Å². The minimum atomic E-state index is -0.426. The molecular weight excluding hydrogens is 224 g/mol. The normalized spacial score (nSPS) is 28.5. The maximum absolute atomic E-state index is 11.7. The van der Waals surface area contributed by atoms with E-state index in [0.29, 0.717) is 19.6 Å². The summed E-state index contributed by atoms with van der Waals surface area (Å²) in [5.41, 5.74) is -1.21. The molecule has 1 aromatic heterocycles. The number of methoxy groups -OCH3 is 1. The predicted octanol–water partition coefficient (Wildman–Crippen LogP) is -0.313. The fourth-order valence-corrected chi connectivity index (χ4v) is 2.21. The molecule has 0 saturated carbocycles. The van der Waals surface area contributed by atoms with Crippen molar-refractivity contribution in [1.29, 1.82) is 0 Å². The lowest BCUT2D eigenvalue weighted by molar-refractivity contribution is 0.0348. The molecule has 0 bridgehead atoms. The number of ether oxygens (including phenoxy) is 2. The predicted molar refractivity (Wildman–Crippen MR) is 61.2 cm³/mol. The van der Waals surface area contributed by atoms with Crippen LogP contribution in [-0.4, -0.2) is 36.0 Å². The third-order valence-corrected chi connectivity index (χ3v) is 3.06. The fourth-order valence-electron chi connectivity index (χ4n) is 2.21. The lowest BCUT2D eigenvalue weighted by Gasteiger charge is -2.24. The number of rotatable bonds is 3. The highest BCUT2D eigenvalue weighted by Crippen LogP contribution is 2.29. The topological polar surface area (TPSA) is 73.3 Å². The van der Waals surface area contributed by atoms with Gasteiger partial charge in [0.05, 0.1) is 24.9 Å². The van der Waals surface area contributed by atoms with Gasteiger partial charge in [-0.15, -0.1) is 0 Å². The second-order valence-electron chi connectivity index (χ2n) is 4.57. The summed E-state index contributed by atoms with van der Waals surface area (Å²) in [5.74, 6) is 0. The van der Waals surface area contributed by atoms with Crippen molar-refractivity contribution in [2.75, 3.05) is 20.3 Å². The van der Waals surface area contributed by atoms with E-state index in [9.17, 15) is 9.59 Å². The van der Waals surface area contributed by atoms with Crippen LogP contribution in [0.1, 0.15) is 13.3 Å². The van der Waals surface area contributed by atoms with Gasteiger partial charge in [-0.2, -0.15) is 0 Å². The summed E-state index contributed by atoms with van der Waals surface area (Å²) in [5, 5.41) is 0. The number of nitrogens with zero attached hydrogens (tertiary/aromatic N) is 1. The molecule has 1 fully saturated rings. The van der Waals surface area contributed by atoms with Gasteiger partial charge in [0.25, 0.3) is 5.56 Å². The molecule has 2 heterocycles. The Balaban J connectivity index is 2.28. The summed E-state index contributed by atoms with van der Waals surface area (Å²) in [6.45, 7) is 2.88. The Morgan fingerprint density at radius 3 is 3.06 bits per heavy atom. The monoisotopic (exact) mass is 240 g/mol. The van der Waals surface area contributed by atoms with Crippen LogP contribution in [0.2, 0.25) is 0 Å². The van der Waals surface area contributed by atoms with Crippen LogP contribution in [0, 0.1) is 0 Å². The summed E-state index contributed by atoms with van der Waals surface area (Å²) < 4.78 is 12.1. The largest absolute Gasteiger partial charge is 0.382 e. The van der Waals surface area contributed by atoms with Gasteiger partial charge in [0.15, 0.2) is 0 Å². The van der Waals surface area contributed by atoms with E-state index in [1.54, 1.807) is 7.11 Å². The molecular formula is C11H16N2O4. The number of hydrogen-bond donors (Lipinski definition) is 1. The van der Waals surface area contributed by atoms with Crippen molar-refractivity contribution in [3.8, 4) is 0 Å². The maximum atomic E-state index is 11.7. The molecule has 1 aliphatic rings. The molecule has 1 aromatic rings. The van der Waals surface area contributed by atoms with Crippen LogP contribution in [0.3, 0.4) is 0 Å². The average molecular weight is 240 g/mol. The van der Waals surface area contributed by atoms with E-state index in [1.807, 2.05) is 6.92 Å². The Morgan fingerprint density at radius 2 is 2.41 bits per heavy atom. The second kappa shape index (κ2) is 4.46. The van der Waals surface area contributed by atoms with Crippen molar-refractivity contribution < 1.29 is 9.47 Å². The summed E-state index contributed by atoms with van der Waals surface area (Å²) in [6, 6.07) is 1.34. The first-order valence-corrected chi connectivity index (χ1v) is 5.48. The lowest BCUT2D eigenvalue weighted by Crippen LogP contribution is -2.42. The van der Waals surface area contributed by atoms with Gasteiger partial charge in [0.1, 0.15) is 0 Å². The molecule has 1 aliphatic heterocycles. The lowest BCUT2D eigenvalue weighted by atomic mass is 9.98. The molecule has 1 saturated heterocycles. The van der Waals surface area contributed by atoms with Crippen molar-refractivity contribution in [2.45, 2.75) is 25.0 Å². The van der Waals surface area contributed by atoms with Crippen LogP contribution in [0.25, 0.3) is 0 Å². The van der Waals surface area contributed by atoms with Gasteiger partial charge in [0.2, 0.25) is 0 Å². The quantitative estimate of drug-likeness (QED) is 0.786. The molecule has 0 aromatic carbocycles. The van der Waals surface area contributed by atoms with Gasteiger partial charge < -0.3 is 9.47 Å². The van der Waals surface area contributed by atoms with Gasteiger partial charge in [0, 0.05) is 25.8 Å². The highest BCUT2D eigenvalue weighted by molar-refractivity contribution is 4.95. The molecule has 94 valence electrons. The van der Waals surface area contributed by atoms with Crippen LogP contribution >= 0.6 is 0 Å². The minimum absolute atomic E-state index is 0.0103. The number of nitrogens with one attached hydrogen (secondary N) is 1. The molecule has 2 rings (SSSR count). The van der Waals surface area contributed by atoms with Gasteiger partial charge in [-0.25, -0.2) is 4.79 Å². The first-order chi connectivity index (χ1) is 8.05. The summed E-state index contributed by atoms with van der Waals surface area (Å²) in [4.78, 5) is 25.0. The average Bonchev–Trinajstić information content (AvgIpc) is 2.61. The van der Waals surface area contributed by atoms with Crippen molar-refractivity contribution in [3.05, 3.63) is 33.1 Å². The minimum Gasteiger partial charge on any atom is -0.382 e. The zero-order valence-corrected chi connectivity index (χ0v) is 9.93. The van der Waals surface area contributed by atoms with E-state index >= 15 is 0 Å². The zero-order chi connectivity index (χ0) is 12.5. The van der Waals surface area contributed by atoms with Gasteiger partial charge in [-0.3, -0.25) is 14.3 Å². The summed E-state index contributed by atoms with van der Waals surface area (Å²) in [6.07, 6.45) is 2.19. The van der Waals surface area contributed by atoms with Crippen molar-refractivity contribution >= 4 is 0 Å². The summed E-state index contributed by atoms with van der Waals surface area (Å²) >= 11 is 0. The molecule has 6 nitrogen and oxygen atoms in total.